The van der Waals surface area contributed by atoms with E-state index in [1.807, 2.05) is 13.1 Å². The smallest absolute Gasteiger partial charge is 0.276 e. The summed E-state index contributed by atoms with van der Waals surface area (Å²) in [7, 11) is 1.89. The van der Waals surface area contributed by atoms with Gasteiger partial charge < -0.3 is 9.26 Å². The number of aromatic nitrogens is 4. The molecule has 3 rings (SSSR count). The molecule has 102 valence electrons. The van der Waals surface area contributed by atoms with Crippen LogP contribution in [0.3, 0.4) is 0 Å². The van der Waals surface area contributed by atoms with Crippen LogP contribution >= 0.6 is 0 Å². The van der Waals surface area contributed by atoms with Crippen molar-refractivity contribution in [2.45, 2.75) is 38.7 Å². The van der Waals surface area contributed by atoms with Gasteiger partial charge in [-0.3, -0.25) is 4.68 Å². The number of aryl methyl sites for hydroxylation is 2. The van der Waals surface area contributed by atoms with Gasteiger partial charge in [-0.15, -0.1) is 0 Å². The zero-order chi connectivity index (χ0) is 13.2. The second-order valence-electron chi connectivity index (χ2n) is 4.85. The van der Waals surface area contributed by atoms with Crippen LogP contribution in [-0.2, 0) is 24.6 Å². The highest BCUT2D eigenvalue weighted by Gasteiger charge is 2.20. The number of hydrogen-bond acceptors (Lipinski definition) is 5. The Balaban J connectivity index is 1.77. The van der Waals surface area contributed by atoms with Crippen LogP contribution in [0.4, 0.5) is 0 Å². The van der Waals surface area contributed by atoms with Gasteiger partial charge >= 0.3 is 0 Å². The molecule has 0 spiro atoms. The van der Waals surface area contributed by atoms with Gasteiger partial charge in [0.25, 0.3) is 5.89 Å². The summed E-state index contributed by atoms with van der Waals surface area (Å²) < 4.78 is 12.7. The van der Waals surface area contributed by atoms with Crippen molar-refractivity contribution in [1.29, 1.82) is 0 Å². The Morgan fingerprint density at radius 1 is 1.47 bits per heavy atom. The molecule has 0 saturated carbocycles. The Kier molecular flexibility index (Phi) is 3.33. The molecule has 6 heteroatoms. The third-order valence-corrected chi connectivity index (χ3v) is 3.41. The molecule has 1 saturated heterocycles. The molecule has 1 aliphatic rings. The minimum absolute atomic E-state index is 0.239. The van der Waals surface area contributed by atoms with Crippen LogP contribution in [0.1, 0.15) is 31.3 Å². The van der Waals surface area contributed by atoms with E-state index in [1.54, 1.807) is 4.68 Å². The largest absolute Gasteiger partial charge is 0.378 e. The second-order valence-corrected chi connectivity index (χ2v) is 4.85. The average molecular weight is 262 g/mol. The monoisotopic (exact) mass is 262 g/mol. The first-order valence-corrected chi connectivity index (χ1v) is 6.73. The molecule has 1 fully saturated rings. The summed E-state index contributed by atoms with van der Waals surface area (Å²) in [6.07, 6.45) is 4.06. The lowest BCUT2D eigenvalue weighted by atomic mass is 10.2. The van der Waals surface area contributed by atoms with Crippen LogP contribution in [-0.4, -0.2) is 32.6 Å². The third kappa shape index (κ3) is 2.53. The fourth-order valence-corrected chi connectivity index (χ4v) is 2.35. The molecule has 1 unspecified atom stereocenters. The van der Waals surface area contributed by atoms with E-state index in [0.29, 0.717) is 11.7 Å². The first kappa shape index (κ1) is 12.3. The molecule has 0 aromatic carbocycles. The van der Waals surface area contributed by atoms with E-state index in [2.05, 4.69) is 22.2 Å². The first-order chi connectivity index (χ1) is 9.26. The normalized spacial score (nSPS) is 19.2. The number of nitrogens with zero attached hydrogens (tertiary/aromatic N) is 4. The maximum Gasteiger partial charge on any atom is 0.276 e. The molecule has 0 bridgehead atoms. The molecule has 2 aromatic rings. The summed E-state index contributed by atoms with van der Waals surface area (Å²) >= 11 is 0. The van der Waals surface area contributed by atoms with Crippen LogP contribution in [0.5, 0.6) is 0 Å². The second kappa shape index (κ2) is 5.13. The molecular weight excluding hydrogens is 244 g/mol. The minimum Gasteiger partial charge on any atom is -0.378 e. The van der Waals surface area contributed by atoms with Gasteiger partial charge in [-0.1, -0.05) is 12.1 Å². The van der Waals surface area contributed by atoms with E-state index in [9.17, 15) is 0 Å². The van der Waals surface area contributed by atoms with Crippen LogP contribution < -0.4 is 0 Å². The lowest BCUT2D eigenvalue weighted by molar-refractivity contribution is 0.109. The molecule has 19 heavy (non-hydrogen) atoms. The summed E-state index contributed by atoms with van der Waals surface area (Å²) in [6, 6.07) is 1.99. The molecule has 0 radical (unpaired) electrons. The van der Waals surface area contributed by atoms with Crippen LogP contribution in [0.25, 0.3) is 11.6 Å². The van der Waals surface area contributed by atoms with Crippen molar-refractivity contribution in [3.05, 3.63) is 17.6 Å². The summed E-state index contributed by atoms with van der Waals surface area (Å²) in [6.45, 7) is 2.92. The fourth-order valence-electron chi connectivity index (χ4n) is 2.35. The lowest BCUT2D eigenvalue weighted by Gasteiger charge is -2.03. The van der Waals surface area contributed by atoms with E-state index in [-0.39, 0.29) is 6.10 Å². The minimum atomic E-state index is 0.239. The third-order valence-electron chi connectivity index (χ3n) is 3.41. The number of hydrogen-bond donors (Lipinski definition) is 0. The molecule has 1 aliphatic heterocycles. The van der Waals surface area contributed by atoms with Gasteiger partial charge in [0.2, 0.25) is 0 Å². The van der Waals surface area contributed by atoms with E-state index in [4.69, 9.17) is 9.26 Å². The topological polar surface area (TPSA) is 66.0 Å². The van der Waals surface area contributed by atoms with Crippen molar-refractivity contribution in [2.75, 3.05) is 6.61 Å². The molecular formula is C13H18N4O2. The van der Waals surface area contributed by atoms with Gasteiger partial charge in [-0.25, -0.2) is 0 Å². The molecule has 3 heterocycles. The van der Waals surface area contributed by atoms with Gasteiger partial charge in [0.15, 0.2) is 5.82 Å². The molecule has 6 nitrogen and oxygen atoms in total. The highest BCUT2D eigenvalue weighted by atomic mass is 16.5. The predicted octanol–water partition coefficient (Wildman–Crippen LogP) is 1.75. The van der Waals surface area contributed by atoms with Crippen molar-refractivity contribution >= 4 is 0 Å². The molecule has 0 aliphatic carbocycles. The Bertz CT molecular complexity index is 555. The van der Waals surface area contributed by atoms with Crippen LogP contribution in [0.2, 0.25) is 0 Å². The van der Waals surface area contributed by atoms with Crippen LogP contribution in [0, 0.1) is 0 Å². The average Bonchev–Trinajstić information content (AvgIpc) is 3.10. The number of ether oxygens (including phenoxy) is 1. The number of rotatable bonds is 4. The van der Waals surface area contributed by atoms with E-state index in [0.717, 1.165) is 43.7 Å². The Morgan fingerprint density at radius 2 is 2.37 bits per heavy atom. The molecule has 0 amide bonds. The van der Waals surface area contributed by atoms with Gasteiger partial charge in [-0.2, -0.15) is 10.1 Å². The van der Waals surface area contributed by atoms with Crippen LogP contribution in [0.15, 0.2) is 10.6 Å². The summed E-state index contributed by atoms with van der Waals surface area (Å²) in [4.78, 5) is 4.43. The summed E-state index contributed by atoms with van der Waals surface area (Å²) in [5.74, 6) is 1.24. The lowest BCUT2D eigenvalue weighted by Crippen LogP contribution is -2.09. The highest BCUT2D eigenvalue weighted by Crippen LogP contribution is 2.20. The van der Waals surface area contributed by atoms with Gasteiger partial charge in [0.1, 0.15) is 5.69 Å². The quantitative estimate of drug-likeness (QED) is 0.840. The standard InChI is InChI=1S/C13H18N4O2/c1-3-9-7-11(17(2)15-9)13-14-12(16-19-13)8-10-5-4-6-18-10/h7,10H,3-6,8H2,1-2H3. The Morgan fingerprint density at radius 3 is 3.05 bits per heavy atom. The maximum atomic E-state index is 5.58. The Hall–Kier alpha value is -1.69. The Labute approximate surface area is 111 Å². The zero-order valence-electron chi connectivity index (χ0n) is 11.3. The van der Waals surface area contributed by atoms with Gasteiger partial charge in [-0.05, 0) is 25.3 Å². The molecule has 2 aromatic heterocycles. The highest BCUT2D eigenvalue weighted by molar-refractivity contribution is 5.47. The first-order valence-electron chi connectivity index (χ1n) is 6.73. The van der Waals surface area contributed by atoms with E-state index >= 15 is 0 Å². The van der Waals surface area contributed by atoms with Crippen molar-refractivity contribution < 1.29 is 9.26 Å². The molecule has 1 atom stereocenters. The molecule has 0 N–H and O–H groups in total. The van der Waals surface area contributed by atoms with E-state index < -0.39 is 0 Å². The predicted molar refractivity (Wildman–Crippen MR) is 68.6 cm³/mol. The van der Waals surface area contributed by atoms with Crippen molar-refractivity contribution in [3.8, 4) is 11.6 Å². The van der Waals surface area contributed by atoms with Crippen molar-refractivity contribution in [1.82, 2.24) is 19.9 Å². The van der Waals surface area contributed by atoms with Crippen molar-refractivity contribution in [3.63, 3.8) is 0 Å². The summed E-state index contributed by atoms with van der Waals surface area (Å²) in [5, 5.41) is 8.41. The maximum absolute atomic E-state index is 5.58. The summed E-state index contributed by atoms with van der Waals surface area (Å²) in [5.41, 5.74) is 1.89. The van der Waals surface area contributed by atoms with E-state index in [1.165, 1.54) is 0 Å². The fraction of sp³-hybridized carbons (Fsp3) is 0.615. The SMILES string of the molecule is CCc1cc(-c2nc(CC3CCCO3)no2)n(C)n1. The van der Waals surface area contributed by atoms with Gasteiger partial charge in [0.05, 0.1) is 11.8 Å². The zero-order valence-corrected chi connectivity index (χ0v) is 11.3. The van der Waals surface area contributed by atoms with Crippen molar-refractivity contribution in [2.24, 2.45) is 7.05 Å². The van der Waals surface area contributed by atoms with Gasteiger partial charge in [0, 0.05) is 20.1 Å².